The van der Waals surface area contributed by atoms with Gasteiger partial charge in [0.05, 0.1) is 8.95 Å². The molecule has 0 aliphatic rings. The summed E-state index contributed by atoms with van der Waals surface area (Å²) in [5.41, 5.74) is 1.93. The monoisotopic (exact) mass is 428 g/mol. The van der Waals surface area contributed by atoms with Crippen LogP contribution in [-0.4, -0.2) is 10.2 Å². The Kier molecular flexibility index (Phi) is 6.95. The molecule has 0 fully saturated rings. The van der Waals surface area contributed by atoms with Gasteiger partial charge in [0, 0.05) is 5.41 Å². The summed E-state index contributed by atoms with van der Waals surface area (Å²) < 4.78 is 1.35. The molecule has 2 N–H and O–H groups in total. The van der Waals surface area contributed by atoms with Gasteiger partial charge in [0.15, 0.2) is 0 Å². The van der Waals surface area contributed by atoms with Crippen molar-refractivity contribution in [1.29, 1.82) is 0 Å². The Labute approximate surface area is 149 Å². The van der Waals surface area contributed by atoms with Crippen molar-refractivity contribution in [3.05, 3.63) is 56.5 Å². The van der Waals surface area contributed by atoms with Gasteiger partial charge in [0.1, 0.15) is 11.5 Å². The third-order valence-corrected chi connectivity index (χ3v) is 4.61. The molecule has 0 amide bonds. The molecule has 2 nitrogen and oxygen atoms in total. The van der Waals surface area contributed by atoms with Gasteiger partial charge in [-0.05, 0) is 67.3 Å². The summed E-state index contributed by atoms with van der Waals surface area (Å²) in [7, 11) is 0. The third kappa shape index (κ3) is 4.50. The largest absolute Gasteiger partial charge is 0.507 e. The Hall–Kier alpha value is -1.00. The Morgan fingerprint density at radius 3 is 1.41 bits per heavy atom. The fourth-order valence-corrected chi connectivity index (χ4v) is 2.72. The van der Waals surface area contributed by atoms with Crippen molar-refractivity contribution >= 4 is 31.9 Å². The van der Waals surface area contributed by atoms with Crippen LogP contribution in [0.2, 0.25) is 0 Å². The van der Waals surface area contributed by atoms with E-state index in [9.17, 15) is 10.2 Å². The summed E-state index contributed by atoms with van der Waals surface area (Å²) in [6.07, 6.45) is 1.25. The molecule has 0 saturated carbocycles. The van der Waals surface area contributed by atoms with E-state index < -0.39 is 0 Å². The fraction of sp³-hybridized carbons (Fsp3) is 0.333. The van der Waals surface area contributed by atoms with Gasteiger partial charge >= 0.3 is 0 Å². The Balaban J connectivity index is 0.000000745. The van der Waals surface area contributed by atoms with E-state index in [-0.39, 0.29) is 16.9 Å². The predicted molar refractivity (Wildman–Crippen MR) is 99.7 cm³/mol. The van der Waals surface area contributed by atoms with Crippen LogP contribution in [0, 0.1) is 0 Å². The first-order chi connectivity index (χ1) is 10.2. The van der Waals surface area contributed by atoms with E-state index in [1.807, 2.05) is 24.3 Å². The molecular weight excluding hydrogens is 408 g/mol. The van der Waals surface area contributed by atoms with Gasteiger partial charge < -0.3 is 10.2 Å². The highest BCUT2D eigenvalue weighted by atomic mass is 79.9. The topological polar surface area (TPSA) is 40.5 Å². The minimum absolute atomic E-state index is 0.228. The summed E-state index contributed by atoms with van der Waals surface area (Å²) in [6.45, 7) is 8.45. The Morgan fingerprint density at radius 2 is 1.14 bits per heavy atom. The normalized spacial score (nSPS) is 10.8. The maximum Gasteiger partial charge on any atom is 0.129 e. The second kappa shape index (κ2) is 8.02. The third-order valence-electron chi connectivity index (χ3n) is 3.34. The number of hydrogen-bond donors (Lipinski definition) is 2. The highest BCUT2D eigenvalue weighted by Gasteiger charge is 2.24. The molecule has 120 valence electrons. The van der Waals surface area contributed by atoms with E-state index >= 15 is 0 Å². The average Bonchev–Trinajstić information content (AvgIpc) is 2.45. The molecule has 0 heterocycles. The molecule has 4 heteroatoms. The number of phenols is 2. The van der Waals surface area contributed by atoms with Crippen molar-refractivity contribution in [3.8, 4) is 11.5 Å². The van der Waals surface area contributed by atoms with Gasteiger partial charge in [-0.3, -0.25) is 0 Å². The second-order valence-corrected chi connectivity index (χ2v) is 7.37. The number of rotatable bonds is 2. The lowest BCUT2D eigenvalue weighted by Gasteiger charge is -2.27. The van der Waals surface area contributed by atoms with Crippen molar-refractivity contribution in [3.63, 3.8) is 0 Å². The molecule has 0 aromatic heterocycles. The van der Waals surface area contributed by atoms with Gasteiger partial charge in [0.2, 0.25) is 0 Å². The molecule has 2 aromatic rings. The van der Waals surface area contributed by atoms with Crippen molar-refractivity contribution in [1.82, 2.24) is 0 Å². The molecule has 0 saturated heterocycles. The van der Waals surface area contributed by atoms with E-state index in [0.717, 1.165) is 11.1 Å². The smallest absolute Gasteiger partial charge is 0.129 e. The summed E-state index contributed by atoms with van der Waals surface area (Å²) in [4.78, 5) is 0. The predicted octanol–water partition coefficient (Wildman–Crippen LogP) is 6.37. The second-order valence-electron chi connectivity index (χ2n) is 5.66. The zero-order valence-corrected chi connectivity index (χ0v) is 16.5. The van der Waals surface area contributed by atoms with Gasteiger partial charge in [-0.2, -0.15) is 0 Å². The van der Waals surface area contributed by atoms with Crippen LogP contribution in [0.25, 0.3) is 0 Å². The number of benzene rings is 2. The average molecular weight is 430 g/mol. The van der Waals surface area contributed by atoms with Crippen LogP contribution in [0.1, 0.15) is 45.2 Å². The molecule has 2 aromatic carbocycles. The minimum atomic E-state index is -0.230. The van der Waals surface area contributed by atoms with Gasteiger partial charge in [-0.15, -0.1) is 0 Å². The molecule has 0 atom stereocenters. The molecule has 0 bridgehead atoms. The summed E-state index contributed by atoms with van der Waals surface area (Å²) in [6, 6.07) is 11.0. The highest BCUT2D eigenvalue weighted by Crippen LogP contribution is 2.37. The van der Waals surface area contributed by atoms with Crippen LogP contribution in [0.5, 0.6) is 11.5 Å². The lowest BCUT2D eigenvalue weighted by atomic mass is 9.78. The van der Waals surface area contributed by atoms with Crippen molar-refractivity contribution in [2.45, 2.75) is 39.5 Å². The van der Waals surface area contributed by atoms with E-state index in [1.165, 1.54) is 6.42 Å². The van der Waals surface area contributed by atoms with E-state index in [2.05, 4.69) is 59.6 Å². The molecule has 22 heavy (non-hydrogen) atoms. The minimum Gasteiger partial charge on any atom is -0.507 e. The highest BCUT2D eigenvalue weighted by molar-refractivity contribution is 9.10. The SMILES string of the molecule is CC(C)(c1ccc(O)c(Br)c1)c1ccc(O)c(Br)c1.CCC. The molecule has 0 aliphatic carbocycles. The lowest BCUT2D eigenvalue weighted by Crippen LogP contribution is -2.18. The molecule has 0 aliphatic heterocycles. The van der Waals surface area contributed by atoms with Gasteiger partial charge in [-0.25, -0.2) is 0 Å². The molecule has 2 rings (SSSR count). The fourth-order valence-electron chi connectivity index (χ4n) is 1.96. The molecule has 0 unspecified atom stereocenters. The number of hydrogen-bond acceptors (Lipinski definition) is 2. The maximum atomic E-state index is 9.57. The van der Waals surface area contributed by atoms with E-state index in [0.29, 0.717) is 8.95 Å². The zero-order chi connectivity index (χ0) is 16.9. The maximum absolute atomic E-state index is 9.57. The van der Waals surface area contributed by atoms with Crippen LogP contribution < -0.4 is 0 Å². The van der Waals surface area contributed by atoms with Gasteiger partial charge in [-0.1, -0.05) is 46.2 Å². The Morgan fingerprint density at radius 1 is 0.818 bits per heavy atom. The van der Waals surface area contributed by atoms with Crippen molar-refractivity contribution in [2.75, 3.05) is 0 Å². The number of aromatic hydroxyl groups is 2. The van der Waals surface area contributed by atoms with E-state index in [1.54, 1.807) is 12.1 Å². The van der Waals surface area contributed by atoms with Crippen LogP contribution in [-0.2, 0) is 5.41 Å². The quantitative estimate of drug-likeness (QED) is 0.582. The first kappa shape index (κ1) is 19.0. The summed E-state index contributed by atoms with van der Waals surface area (Å²) in [5, 5.41) is 19.1. The van der Waals surface area contributed by atoms with Crippen LogP contribution in [0.3, 0.4) is 0 Å². The number of halogens is 2. The zero-order valence-electron chi connectivity index (χ0n) is 13.3. The summed E-state index contributed by atoms with van der Waals surface area (Å²) in [5.74, 6) is 0.456. The molecular formula is C18H22Br2O2. The van der Waals surface area contributed by atoms with Crippen molar-refractivity contribution < 1.29 is 10.2 Å². The van der Waals surface area contributed by atoms with Crippen LogP contribution in [0.15, 0.2) is 45.3 Å². The van der Waals surface area contributed by atoms with Crippen LogP contribution in [0.4, 0.5) is 0 Å². The van der Waals surface area contributed by atoms with Crippen molar-refractivity contribution in [2.24, 2.45) is 0 Å². The molecule has 0 spiro atoms. The first-order valence-electron chi connectivity index (χ1n) is 7.22. The number of phenolic OH excluding ortho intramolecular Hbond substituents is 2. The van der Waals surface area contributed by atoms with E-state index in [4.69, 9.17) is 0 Å². The summed E-state index contributed by atoms with van der Waals surface area (Å²) >= 11 is 6.68. The Bertz CT molecular complexity index is 583. The van der Waals surface area contributed by atoms with Gasteiger partial charge in [0.25, 0.3) is 0 Å². The van der Waals surface area contributed by atoms with Crippen LogP contribution >= 0.6 is 31.9 Å². The lowest BCUT2D eigenvalue weighted by molar-refractivity contribution is 0.470. The first-order valence-corrected chi connectivity index (χ1v) is 8.80. The molecule has 0 radical (unpaired) electrons. The standard InChI is InChI=1S/C15H14Br2O2.C3H8/c1-15(2,9-3-5-13(18)11(16)7-9)10-4-6-14(19)12(17)8-10;1-3-2/h3-8,18-19H,1-2H3;3H2,1-2H3.